The zero-order valence-electron chi connectivity index (χ0n) is 18.4. The zero-order valence-corrected chi connectivity index (χ0v) is 18.4. The lowest BCUT2D eigenvalue weighted by atomic mass is 9.88. The van der Waals surface area contributed by atoms with Gasteiger partial charge in [0.25, 0.3) is 5.91 Å². The first-order chi connectivity index (χ1) is 15.7. The third kappa shape index (κ3) is 3.90. The van der Waals surface area contributed by atoms with Crippen molar-refractivity contribution in [3.63, 3.8) is 0 Å². The van der Waals surface area contributed by atoms with E-state index in [-0.39, 0.29) is 18.4 Å². The molecule has 2 amide bonds. The number of hydrogen-bond acceptors (Lipinski definition) is 4. The fraction of sp³-hybridized carbons (Fsp3) is 0.423. The number of carbonyl (C=O) groups excluding carboxylic acids is 2. The minimum absolute atomic E-state index is 0.0283. The molecule has 2 aromatic rings. The number of rotatable bonds is 4. The normalized spacial score (nSPS) is 20.6. The monoisotopic (exact) mass is 430 g/mol. The fourth-order valence-electron chi connectivity index (χ4n) is 5.22. The standard InChI is InChI=1S/C26H30N4O2/c31-23(29-18-16-28(17-19-29)22-12-6-2-7-13-22)20-30-25(32)24(21-10-4-1-5-11-21)27-26(30)14-8-3-9-15-26/h1-2,4-7,10-13H,3,8-9,14-20H2. The van der Waals surface area contributed by atoms with Crippen LogP contribution in [0, 0.1) is 0 Å². The molecule has 1 spiro atoms. The molecule has 166 valence electrons. The molecule has 2 aromatic carbocycles. The van der Waals surface area contributed by atoms with E-state index in [1.165, 1.54) is 5.69 Å². The molecule has 0 atom stereocenters. The van der Waals surface area contributed by atoms with Gasteiger partial charge in [-0.25, -0.2) is 0 Å². The van der Waals surface area contributed by atoms with Gasteiger partial charge in [-0.15, -0.1) is 0 Å². The van der Waals surface area contributed by atoms with E-state index in [1.54, 1.807) is 4.90 Å². The van der Waals surface area contributed by atoms with E-state index < -0.39 is 5.66 Å². The maximum absolute atomic E-state index is 13.5. The Kier molecular flexibility index (Phi) is 5.68. The molecule has 2 fully saturated rings. The molecule has 0 radical (unpaired) electrons. The Morgan fingerprint density at radius 1 is 0.844 bits per heavy atom. The average molecular weight is 431 g/mol. The molecule has 32 heavy (non-hydrogen) atoms. The molecule has 2 aliphatic heterocycles. The van der Waals surface area contributed by atoms with Gasteiger partial charge < -0.3 is 14.7 Å². The van der Waals surface area contributed by atoms with Crippen molar-refractivity contribution in [1.82, 2.24) is 9.80 Å². The molecule has 5 rings (SSSR count). The summed E-state index contributed by atoms with van der Waals surface area (Å²) < 4.78 is 0. The first kappa shape index (κ1) is 20.7. The minimum atomic E-state index is -0.554. The van der Waals surface area contributed by atoms with Gasteiger partial charge in [-0.1, -0.05) is 55.0 Å². The molecule has 6 nitrogen and oxygen atoms in total. The molecule has 0 bridgehead atoms. The predicted molar refractivity (Wildman–Crippen MR) is 126 cm³/mol. The highest BCUT2D eigenvalue weighted by Gasteiger charge is 2.48. The number of benzene rings is 2. The highest BCUT2D eigenvalue weighted by atomic mass is 16.2. The number of aliphatic imine (C=N–C) groups is 1. The summed E-state index contributed by atoms with van der Waals surface area (Å²) in [5.74, 6) is -0.0742. The van der Waals surface area contributed by atoms with Gasteiger partial charge in [0.2, 0.25) is 5.91 Å². The van der Waals surface area contributed by atoms with Crippen LogP contribution in [0.5, 0.6) is 0 Å². The van der Waals surface area contributed by atoms with Gasteiger partial charge in [0.1, 0.15) is 17.9 Å². The number of piperazine rings is 1. The van der Waals surface area contributed by atoms with Crippen LogP contribution in [0.1, 0.15) is 37.7 Å². The number of nitrogens with zero attached hydrogens (tertiary/aromatic N) is 4. The molecule has 1 saturated carbocycles. The number of hydrogen-bond donors (Lipinski definition) is 0. The van der Waals surface area contributed by atoms with Crippen LogP contribution in [-0.2, 0) is 9.59 Å². The van der Waals surface area contributed by atoms with Crippen molar-refractivity contribution < 1.29 is 9.59 Å². The van der Waals surface area contributed by atoms with Crippen molar-refractivity contribution in [3.05, 3.63) is 66.2 Å². The second-order valence-electron chi connectivity index (χ2n) is 8.96. The van der Waals surface area contributed by atoms with Gasteiger partial charge in [-0.3, -0.25) is 14.6 Å². The van der Waals surface area contributed by atoms with E-state index in [4.69, 9.17) is 4.99 Å². The Bertz CT molecular complexity index is 991. The molecule has 1 saturated heterocycles. The Morgan fingerprint density at radius 2 is 1.47 bits per heavy atom. The number of amides is 2. The van der Waals surface area contributed by atoms with Crippen molar-refractivity contribution in [2.75, 3.05) is 37.6 Å². The Morgan fingerprint density at radius 3 is 2.12 bits per heavy atom. The van der Waals surface area contributed by atoms with Gasteiger partial charge in [0, 0.05) is 37.4 Å². The summed E-state index contributed by atoms with van der Waals surface area (Å²) >= 11 is 0. The molecule has 0 aromatic heterocycles. The first-order valence-corrected chi connectivity index (χ1v) is 11.7. The van der Waals surface area contributed by atoms with Crippen LogP contribution in [0.15, 0.2) is 65.7 Å². The lowest BCUT2D eigenvalue weighted by Crippen LogP contribution is -2.55. The second-order valence-corrected chi connectivity index (χ2v) is 8.96. The largest absolute Gasteiger partial charge is 0.368 e. The number of carbonyl (C=O) groups is 2. The molecular weight excluding hydrogens is 400 g/mol. The minimum Gasteiger partial charge on any atom is -0.368 e. The van der Waals surface area contributed by atoms with Crippen LogP contribution < -0.4 is 4.90 Å². The Balaban J connectivity index is 1.30. The van der Waals surface area contributed by atoms with Gasteiger partial charge in [-0.2, -0.15) is 0 Å². The highest BCUT2D eigenvalue weighted by molar-refractivity contribution is 6.47. The van der Waals surface area contributed by atoms with Gasteiger partial charge in [-0.05, 0) is 37.8 Å². The summed E-state index contributed by atoms with van der Waals surface area (Å²) in [5, 5.41) is 0. The highest BCUT2D eigenvalue weighted by Crippen LogP contribution is 2.39. The maximum Gasteiger partial charge on any atom is 0.275 e. The van der Waals surface area contributed by atoms with Crippen molar-refractivity contribution in [1.29, 1.82) is 0 Å². The van der Waals surface area contributed by atoms with Crippen LogP contribution in [0.25, 0.3) is 0 Å². The van der Waals surface area contributed by atoms with Crippen LogP contribution >= 0.6 is 0 Å². The molecule has 0 unspecified atom stereocenters. The quantitative estimate of drug-likeness (QED) is 0.748. The average Bonchev–Trinajstić information content (AvgIpc) is 3.11. The number of anilines is 1. The molecular formula is C26H30N4O2. The van der Waals surface area contributed by atoms with Crippen LogP contribution in [0.2, 0.25) is 0 Å². The Labute approximate surface area is 189 Å². The lowest BCUT2D eigenvalue weighted by Gasteiger charge is -2.41. The lowest BCUT2D eigenvalue weighted by molar-refractivity contribution is -0.141. The van der Waals surface area contributed by atoms with Crippen LogP contribution in [0.3, 0.4) is 0 Å². The van der Waals surface area contributed by atoms with Crippen molar-refractivity contribution in [2.45, 2.75) is 37.8 Å². The van der Waals surface area contributed by atoms with E-state index in [2.05, 4.69) is 17.0 Å². The molecule has 2 heterocycles. The van der Waals surface area contributed by atoms with E-state index in [0.29, 0.717) is 18.8 Å². The van der Waals surface area contributed by atoms with Gasteiger partial charge in [0.05, 0.1) is 0 Å². The van der Waals surface area contributed by atoms with E-state index >= 15 is 0 Å². The third-order valence-corrected chi connectivity index (χ3v) is 7.02. The first-order valence-electron chi connectivity index (χ1n) is 11.7. The van der Waals surface area contributed by atoms with Crippen molar-refractivity contribution in [2.24, 2.45) is 4.99 Å². The molecule has 1 aliphatic carbocycles. The van der Waals surface area contributed by atoms with Gasteiger partial charge >= 0.3 is 0 Å². The molecule has 3 aliphatic rings. The molecule has 0 N–H and O–H groups in total. The summed E-state index contributed by atoms with van der Waals surface area (Å²) in [7, 11) is 0. The summed E-state index contributed by atoms with van der Waals surface area (Å²) in [6.07, 6.45) is 4.92. The topological polar surface area (TPSA) is 56.2 Å². The summed E-state index contributed by atoms with van der Waals surface area (Å²) in [4.78, 5) is 37.7. The predicted octanol–water partition coefficient (Wildman–Crippen LogP) is 3.33. The molecule has 6 heteroatoms. The SMILES string of the molecule is O=C(CN1C(=O)C(c2ccccc2)=NC12CCCCC2)N1CCN(c2ccccc2)CC1. The van der Waals surface area contributed by atoms with Crippen molar-refractivity contribution >= 4 is 23.2 Å². The van der Waals surface area contributed by atoms with Crippen LogP contribution in [-0.4, -0.2) is 65.7 Å². The summed E-state index contributed by atoms with van der Waals surface area (Å²) in [6.45, 7) is 3.08. The van der Waals surface area contributed by atoms with E-state index in [0.717, 1.165) is 50.8 Å². The van der Waals surface area contributed by atoms with E-state index in [9.17, 15) is 9.59 Å². The van der Waals surface area contributed by atoms with Crippen LogP contribution in [0.4, 0.5) is 5.69 Å². The fourth-order valence-corrected chi connectivity index (χ4v) is 5.22. The van der Waals surface area contributed by atoms with E-state index in [1.807, 2.05) is 53.4 Å². The zero-order chi connectivity index (χ0) is 22.0. The second kappa shape index (κ2) is 8.77. The van der Waals surface area contributed by atoms with Gasteiger partial charge in [0.15, 0.2) is 0 Å². The van der Waals surface area contributed by atoms with Crippen molar-refractivity contribution in [3.8, 4) is 0 Å². The third-order valence-electron chi connectivity index (χ3n) is 7.02. The Hall–Kier alpha value is -3.15. The number of para-hydroxylation sites is 1. The maximum atomic E-state index is 13.5. The smallest absolute Gasteiger partial charge is 0.275 e. The summed E-state index contributed by atoms with van der Waals surface area (Å²) in [6, 6.07) is 20.0. The summed E-state index contributed by atoms with van der Waals surface area (Å²) in [5.41, 5.74) is 1.99.